The van der Waals surface area contributed by atoms with Crippen LogP contribution in [0.15, 0.2) is 29.1 Å². The number of para-hydroxylation sites is 2. The van der Waals surface area contributed by atoms with Crippen LogP contribution in [0.3, 0.4) is 0 Å². The normalized spacial score (nSPS) is 16.8. The number of thioether (sulfide) groups is 1. The molecule has 6 heteroatoms. The molecule has 5 nitrogen and oxygen atoms in total. The molecule has 1 fully saturated rings. The first-order valence-corrected chi connectivity index (χ1v) is 8.41. The molecular weight excluding hydrogens is 284 g/mol. The molecule has 1 N–H and O–H groups in total. The van der Waals surface area contributed by atoms with Crippen molar-refractivity contribution in [1.82, 2.24) is 19.6 Å². The summed E-state index contributed by atoms with van der Waals surface area (Å²) >= 11 is 2.02. The number of aromatic amines is 1. The molecular formula is C15H16N4OS. The molecule has 1 aromatic carbocycles. The van der Waals surface area contributed by atoms with Crippen molar-refractivity contribution in [1.29, 1.82) is 0 Å². The van der Waals surface area contributed by atoms with Gasteiger partial charge in [0.15, 0.2) is 0 Å². The van der Waals surface area contributed by atoms with E-state index in [4.69, 9.17) is 0 Å². The number of fused-ring (bicyclic) bond motifs is 3. The maximum absolute atomic E-state index is 12.1. The van der Waals surface area contributed by atoms with Crippen molar-refractivity contribution in [3.05, 3.63) is 40.4 Å². The van der Waals surface area contributed by atoms with E-state index in [1.807, 2.05) is 40.4 Å². The van der Waals surface area contributed by atoms with Crippen molar-refractivity contribution in [3.8, 4) is 0 Å². The summed E-state index contributed by atoms with van der Waals surface area (Å²) in [6.07, 6.45) is 3.34. The van der Waals surface area contributed by atoms with Crippen molar-refractivity contribution >= 4 is 28.4 Å². The van der Waals surface area contributed by atoms with Gasteiger partial charge in [0.1, 0.15) is 5.82 Å². The average molecular weight is 300 g/mol. The third kappa shape index (κ3) is 2.23. The van der Waals surface area contributed by atoms with E-state index in [0.717, 1.165) is 23.3 Å². The first kappa shape index (κ1) is 12.9. The fourth-order valence-electron chi connectivity index (χ4n) is 3.01. The first-order chi connectivity index (χ1) is 10.3. The molecule has 0 amide bonds. The van der Waals surface area contributed by atoms with Crippen LogP contribution in [-0.2, 0) is 6.42 Å². The number of benzene rings is 1. The molecule has 3 heterocycles. The summed E-state index contributed by atoms with van der Waals surface area (Å²) in [6.45, 7) is 0. The Kier molecular flexibility index (Phi) is 3.18. The Morgan fingerprint density at radius 2 is 2.05 bits per heavy atom. The monoisotopic (exact) mass is 300 g/mol. The van der Waals surface area contributed by atoms with Crippen LogP contribution in [0.2, 0.25) is 0 Å². The predicted molar refractivity (Wildman–Crippen MR) is 84.9 cm³/mol. The summed E-state index contributed by atoms with van der Waals surface area (Å²) in [5, 5.41) is 8.38. The van der Waals surface area contributed by atoms with E-state index in [9.17, 15) is 4.79 Å². The lowest BCUT2D eigenvalue weighted by molar-refractivity contribution is 0.475. The highest BCUT2D eigenvalue weighted by Crippen LogP contribution is 2.26. The van der Waals surface area contributed by atoms with Crippen LogP contribution < -0.4 is 5.56 Å². The average Bonchev–Trinajstić information content (AvgIpc) is 2.93. The van der Waals surface area contributed by atoms with Crippen LogP contribution in [0.25, 0.3) is 16.7 Å². The van der Waals surface area contributed by atoms with Crippen molar-refractivity contribution < 1.29 is 0 Å². The minimum atomic E-state index is -0.174. The van der Waals surface area contributed by atoms with E-state index in [1.165, 1.54) is 24.3 Å². The van der Waals surface area contributed by atoms with Crippen LogP contribution in [0.4, 0.5) is 0 Å². The van der Waals surface area contributed by atoms with E-state index >= 15 is 0 Å². The first-order valence-electron chi connectivity index (χ1n) is 7.26. The molecule has 4 rings (SSSR count). The third-order valence-corrected chi connectivity index (χ3v) is 5.19. The van der Waals surface area contributed by atoms with Gasteiger partial charge in [0.25, 0.3) is 5.56 Å². The molecule has 1 aliphatic heterocycles. The molecule has 0 radical (unpaired) electrons. The Morgan fingerprint density at radius 1 is 1.24 bits per heavy atom. The number of nitrogens with zero attached hydrogens (tertiary/aromatic N) is 3. The second-order valence-electron chi connectivity index (χ2n) is 5.51. The van der Waals surface area contributed by atoms with E-state index in [2.05, 4.69) is 15.2 Å². The fourth-order valence-corrected chi connectivity index (χ4v) is 4.21. The highest BCUT2D eigenvalue weighted by atomic mass is 32.2. The number of nitrogens with one attached hydrogen (secondary N) is 1. The SMILES string of the molecule is O=c1[nH]c2ccccc2n2c(CC3CCSCC3)nnc12. The quantitative estimate of drug-likeness (QED) is 0.788. The van der Waals surface area contributed by atoms with Gasteiger partial charge in [-0.25, -0.2) is 0 Å². The number of rotatable bonds is 2. The van der Waals surface area contributed by atoms with Crippen molar-refractivity contribution in [2.45, 2.75) is 19.3 Å². The smallest absolute Gasteiger partial charge is 0.294 e. The highest BCUT2D eigenvalue weighted by Gasteiger charge is 2.19. The molecule has 1 aliphatic rings. The number of H-pyrrole nitrogens is 1. The number of hydrogen-bond donors (Lipinski definition) is 1. The van der Waals surface area contributed by atoms with Crippen molar-refractivity contribution in [2.24, 2.45) is 5.92 Å². The van der Waals surface area contributed by atoms with Gasteiger partial charge in [0.05, 0.1) is 11.0 Å². The topological polar surface area (TPSA) is 63.0 Å². The second kappa shape index (κ2) is 5.18. The number of hydrogen-bond acceptors (Lipinski definition) is 4. The van der Waals surface area contributed by atoms with Crippen molar-refractivity contribution in [2.75, 3.05) is 11.5 Å². The lowest BCUT2D eigenvalue weighted by atomic mass is 9.98. The molecule has 1 saturated heterocycles. The van der Waals surface area contributed by atoms with Gasteiger partial charge in [-0.05, 0) is 42.4 Å². The number of aromatic nitrogens is 4. The van der Waals surface area contributed by atoms with Crippen molar-refractivity contribution in [3.63, 3.8) is 0 Å². The molecule has 0 spiro atoms. The van der Waals surface area contributed by atoms with E-state index in [-0.39, 0.29) is 5.56 Å². The molecule has 0 atom stereocenters. The van der Waals surface area contributed by atoms with Gasteiger partial charge in [-0.2, -0.15) is 11.8 Å². The Labute approximate surface area is 125 Å². The summed E-state index contributed by atoms with van der Waals surface area (Å²) in [5.74, 6) is 4.01. The molecule has 0 unspecified atom stereocenters. The van der Waals surface area contributed by atoms with E-state index < -0.39 is 0 Å². The molecule has 2 aromatic heterocycles. The molecule has 0 aliphatic carbocycles. The molecule has 108 valence electrons. The molecule has 0 bridgehead atoms. The zero-order valence-corrected chi connectivity index (χ0v) is 12.4. The Balaban J connectivity index is 1.87. The van der Waals surface area contributed by atoms with Crippen LogP contribution in [0.5, 0.6) is 0 Å². The largest absolute Gasteiger partial charge is 0.317 e. The van der Waals surface area contributed by atoms with Crippen LogP contribution in [-0.4, -0.2) is 31.1 Å². The zero-order chi connectivity index (χ0) is 14.2. The summed E-state index contributed by atoms with van der Waals surface area (Å²) in [7, 11) is 0. The summed E-state index contributed by atoms with van der Waals surface area (Å²) < 4.78 is 1.93. The predicted octanol–water partition coefficient (Wildman–Crippen LogP) is 2.26. The standard InChI is InChI=1S/C15H16N4OS/c20-15-14-18-17-13(9-10-5-7-21-8-6-10)19(14)12-4-2-1-3-11(12)16-15/h1-4,10H,5-9H2,(H,16,20). The van der Waals surface area contributed by atoms with Gasteiger partial charge in [-0.3, -0.25) is 9.20 Å². The van der Waals surface area contributed by atoms with Gasteiger partial charge in [-0.15, -0.1) is 10.2 Å². The maximum Gasteiger partial charge on any atom is 0.294 e. The molecule has 21 heavy (non-hydrogen) atoms. The van der Waals surface area contributed by atoms with E-state index in [0.29, 0.717) is 11.6 Å². The second-order valence-corrected chi connectivity index (χ2v) is 6.73. The Hall–Kier alpha value is -1.82. The van der Waals surface area contributed by atoms with Crippen LogP contribution in [0.1, 0.15) is 18.7 Å². The summed E-state index contributed by atoms with van der Waals surface area (Å²) in [5.41, 5.74) is 2.02. The van der Waals surface area contributed by atoms with Crippen LogP contribution in [0, 0.1) is 5.92 Å². The van der Waals surface area contributed by atoms with E-state index in [1.54, 1.807) is 0 Å². The van der Waals surface area contributed by atoms with Gasteiger partial charge in [0, 0.05) is 6.42 Å². The minimum Gasteiger partial charge on any atom is -0.317 e. The lowest BCUT2D eigenvalue weighted by Gasteiger charge is -2.20. The molecule has 3 aromatic rings. The van der Waals surface area contributed by atoms with Gasteiger partial charge in [0.2, 0.25) is 5.65 Å². The Morgan fingerprint density at radius 3 is 2.90 bits per heavy atom. The zero-order valence-electron chi connectivity index (χ0n) is 11.6. The maximum atomic E-state index is 12.1. The van der Waals surface area contributed by atoms with Gasteiger partial charge >= 0.3 is 0 Å². The highest BCUT2D eigenvalue weighted by molar-refractivity contribution is 7.99. The third-order valence-electron chi connectivity index (χ3n) is 4.14. The summed E-state index contributed by atoms with van der Waals surface area (Å²) in [4.78, 5) is 15.0. The molecule has 0 saturated carbocycles. The summed E-state index contributed by atoms with van der Waals surface area (Å²) in [6, 6.07) is 7.81. The Bertz CT molecular complexity index is 848. The van der Waals surface area contributed by atoms with Gasteiger partial charge in [-0.1, -0.05) is 12.1 Å². The minimum absolute atomic E-state index is 0.174. The fraction of sp³-hybridized carbons (Fsp3) is 0.400. The lowest BCUT2D eigenvalue weighted by Crippen LogP contribution is -2.16. The van der Waals surface area contributed by atoms with Crippen LogP contribution >= 0.6 is 11.8 Å². The van der Waals surface area contributed by atoms with Gasteiger partial charge < -0.3 is 4.98 Å².